The molecule has 0 spiro atoms. The van der Waals surface area contributed by atoms with Crippen LogP contribution in [-0.4, -0.2) is 62.0 Å². The molecule has 2 aromatic carbocycles. The molecular weight excluding hydrogens is 450 g/mol. The number of ether oxygens (including phenoxy) is 1. The molecule has 2 heterocycles. The van der Waals surface area contributed by atoms with Crippen LogP contribution in [0.2, 0.25) is 0 Å². The van der Waals surface area contributed by atoms with E-state index in [1.807, 2.05) is 71.7 Å². The molecule has 0 saturated carbocycles. The second-order valence-electron chi connectivity index (χ2n) is 8.50. The van der Waals surface area contributed by atoms with E-state index < -0.39 is 15.3 Å². The number of likely N-dealkylation sites (tertiary alicyclic amines) is 1. The number of quaternary nitrogens is 1. The largest absolute Gasteiger partial charge is 0.497 e. The summed E-state index contributed by atoms with van der Waals surface area (Å²) in [6.45, 7) is 2.99. The zero-order chi connectivity index (χ0) is 24.3. The first-order valence-electron chi connectivity index (χ1n) is 11.1. The molecule has 0 aliphatic carbocycles. The second-order valence-corrected chi connectivity index (χ2v) is 10.8. The molecule has 4 rings (SSSR count). The first-order chi connectivity index (χ1) is 16.3. The van der Waals surface area contributed by atoms with Crippen LogP contribution in [0.4, 0.5) is 5.69 Å². The third kappa shape index (κ3) is 5.11. The Hall–Kier alpha value is -3.27. The van der Waals surface area contributed by atoms with Gasteiger partial charge in [0.15, 0.2) is 0 Å². The van der Waals surface area contributed by atoms with E-state index in [9.17, 15) is 8.42 Å². The Kier molecular flexibility index (Phi) is 6.97. The molecule has 1 saturated heterocycles. The van der Waals surface area contributed by atoms with Gasteiger partial charge < -0.3 is 9.64 Å². The highest BCUT2D eigenvalue weighted by Gasteiger charge is 2.41. The number of nitrogens with one attached hydrogen (secondary N) is 1. The van der Waals surface area contributed by atoms with E-state index >= 15 is 0 Å². The summed E-state index contributed by atoms with van der Waals surface area (Å²) in [5.74, 6) is 1.37. The fraction of sp³-hybridized carbons (Fsp3) is 0.280. The van der Waals surface area contributed by atoms with E-state index in [2.05, 4.69) is 4.99 Å². The molecule has 2 aliphatic rings. The zero-order valence-electron chi connectivity index (χ0n) is 19.6. The standard InChI is InChI=1S/C25H29N5O3S/c1-18(28-20-7-5-4-6-8-20)23-14-27-25(13-24(23)26)30-16-22(17-30)34(31,32)29(2)15-19-9-11-21(33-3)12-10-19/h4-14,22,26,28H,15-17H2,1-3H3/p+1/b23-18-,26-24?. The van der Waals surface area contributed by atoms with Crippen molar-refractivity contribution >= 4 is 27.6 Å². The molecule has 178 valence electrons. The fourth-order valence-corrected chi connectivity index (χ4v) is 5.53. The lowest BCUT2D eigenvalue weighted by atomic mass is 10.1. The minimum absolute atomic E-state index is 0.305. The summed E-state index contributed by atoms with van der Waals surface area (Å²) < 4.78 is 32.6. The molecule has 0 unspecified atom stereocenters. The number of hydrogen-bond donors (Lipinski definition) is 2. The summed E-state index contributed by atoms with van der Waals surface area (Å²) in [6.07, 6.45) is 3.41. The van der Waals surface area contributed by atoms with Gasteiger partial charge in [-0.15, -0.1) is 0 Å². The van der Waals surface area contributed by atoms with Crippen molar-refractivity contribution < 1.29 is 18.5 Å². The van der Waals surface area contributed by atoms with Crippen LogP contribution in [0.5, 0.6) is 5.75 Å². The molecule has 0 radical (unpaired) electrons. The van der Waals surface area contributed by atoms with Crippen molar-refractivity contribution in [1.29, 1.82) is 5.41 Å². The van der Waals surface area contributed by atoms with Gasteiger partial charge in [-0.05, 0) is 29.8 Å². The first kappa shape index (κ1) is 23.9. The highest BCUT2D eigenvalue weighted by atomic mass is 32.2. The van der Waals surface area contributed by atoms with Crippen molar-refractivity contribution in [1.82, 2.24) is 9.21 Å². The number of hydrogen-bond acceptors (Lipinski definition) is 6. The number of sulfonamides is 1. The number of allylic oxidation sites excluding steroid dienone is 3. The van der Waals surface area contributed by atoms with Crippen LogP contribution in [-0.2, 0) is 16.6 Å². The first-order valence-corrected chi connectivity index (χ1v) is 12.6. The van der Waals surface area contributed by atoms with Gasteiger partial charge in [-0.1, -0.05) is 30.3 Å². The summed E-state index contributed by atoms with van der Waals surface area (Å²) >= 11 is 0. The summed E-state index contributed by atoms with van der Waals surface area (Å²) in [7, 11) is -0.237. The number of benzene rings is 2. The van der Waals surface area contributed by atoms with Crippen molar-refractivity contribution in [2.75, 3.05) is 27.2 Å². The van der Waals surface area contributed by atoms with E-state index in [0.717, 1.165) is 28.3 Å². The SMILES string of the molecule is COc1ccc(CN(C)S(=O)(=O)C2CN(C3=CC(=N)/C(=C(/C)[NH2+]c4ccccc4)C=N3)C2)cc1. The van der Waals surface area contributed by atoms with Crippen LogP contribution in [0.15, 0.2) is 82.8 Å². The molecule has 2 aliphatic heterocycles. The second kappa shape index (κ2) is 9.92. The van der Waals surface area contributed by atoms with Crippen molar-refractivity contribution in [3.8, 4) is 5.75 Å². The molecule has 9 heteroatoms. The Labute approximate surface area is 200 Å². The molecule has 2 aromatic rings. The molecular formula is C25H30N5O3S+. The maximum Gasteiger partial charge on any atom is 0.220 e. The lowest BCUT2D eigenvalue weighted by molar-refractivity contribution is -0.517. The Balaban J connectivity index is 1.35. The number of methoxy groups -OCH3 is 1. The van der Waals surface area contributed by atoms with Gasteiger partial charge in [-0.25, -0.2) is 17.7 Å². The van der Waals surface area contributed by atoms with Gasteiger partial charge >= 0.3 is 0 Å². The van der Waals surface area contributed by atoms with E-state index in [0.29, 0.717) is 31.2 Å². The molecule has 0 amide bonds. The predicted molar refractivity (Wildman–Crippen MR) is 134 cm³/mol. The summed E-state index contributed by atoms with van der Waals surface area (Å²) in [5, 5.41) is 9.99. The zero-order valence-corrected chi connectivity index (χ0v) is 20.4. The normalized spacial score (nSPS) is 18.1. The Morgan fingerprint density at radius 3 is 2.47 bits per heavy atom. The van der Waals surface area contributed by atoms with Crippen LogP contribution < -0.4 is 10.1 Å². The summed E-state index contributed by atoms with van der Waals surface area (Å²) in [4.78, 5) is 6.42. The maximum atomic E-state index is 13.0. The summed E-state index contributed by atoms with van der Waals surface area (Å²) in [5.41, 5.74) is 4.06. The third-order valence-electron chi connectivity index (χ3n) is 6.09. The molecule has 0 atom stereocenters. The smallest absolute Gasteiger partial charge is 0.220 e. The van der Waals surface area contributed by atoms with E-state index in [-0.39, 0.29) is 0 Å². The summed E-state index contributed by atoms with van der Waals surface area (Å²) in [6, 6.07) is 17.3. The minimum atomic E-state index is -3.45. The molecule has 8 nitrogen and oxygen atoms in total. The Morgan fingerprint density at radius 2 is 1.85 bits per heavy atom. The number of para-hydroxylation sites is 1. The maximum absolute atomic E-state index is 13.0. The molecule has 0 aromatic heterocycles. The average Bonchev–Trinajstić information content (AvgIpc) is 2.79. The lowest BCUT2D eigenvalue weighted by Crippen LogP contribution is -2.75. The van der Waals surface area contributed by atoms with Crippen LogP contribution in [0.25, 0.3) is 0 Å². The van der Waals surface area contributed by atoms with Gasteiger partial charge in [0.1, 0.15) is 28.2 Å². The van der Waals surface area contributed by atoms with Gasteiger partial charge in [0.25, 0.3) is 0 Å². The molecule has 34 heavy (non-hydrogen) atoms. The minimum Gasteiger partial charge on any atom is -0.497 e. The average molecular weight is 481 g/mol. The van der Waals surface area contributed by atoms with Gasteiger partial charge in [0.05, 0.1) is 18.4 Å². The van der Waals surface area contributed by atoms with Gasteiger partial charge in [-0.3, -0.25) is 10.7 Å². The van der Waals surface area contributed by atoms with Crippen molar-refractivity contribution in [2.24, 2.45) is 4.99 Å². The third-order valence-corrected chi connectivity index (χ3v) is 8.23. The van der Waals surface area contributed by atoms with Gasteiger partial charge in [-0.2, -0.15) is 0 Å². The quantitative estimate of drug-likeness (QED) is 0.566. The highest BCUT2D eigenvalue weighted by Crippen LogP contribution is 2.26. The number of rotatable bonds is 8. The predicted octanol–water partition coefficient (Wildman–Crippen LogP) is 2.26. The van der Waals surface area contributed by atoms with Crippen LogP contribution in [0.3, 0.4) is 0 Å². The number of aliphatic imine (C=N–C) groups is 1. The van der Waals surface area contributed by atoms with Crippen LogP contribution in [0, 0.1) is 5.41 Å². The highest BCUT2D eigenvalue weighted by molar-refractivity contribution is 7.89. The number of nitrogens with two attached hydrogens (primary N) is 1. The van der Waals surface area contributed by atoms with Crippen molar-refractivity contribution in [2.45, 2.75) is 18.7 Å². The Morgan fingerprint density at radius 1 is 1.18 bits per heavy atom. The number of nitrogens with zero attached hydrogens (tertiary/aromatic N) is 3. The van der Waals surface area contributed by atoms with Crippen LogP contribution >= 0.6 is 0 Å². The van der Waals surface area contributed by atoms with Gasteiger partial charge in [0, 0.05) is 45.9 Å². The molecule has 3 N–H and O–H groups in total. The Bertz CT molecular complexity index is 1250. The van der Waals surface area contributed by atoms with Gasteiger partial charge in [0.2, 0.25) is 10.0 Å². The molecule has 0 bridgehead atoms. The molecule has 1 fully saturated rings. The fourth-order valence-electron chi connectivity index (χ4n) is 3.95. The van der Waals surface area contributed by atoms with E-state index in [1.54, 1.807) is 26.4 Å². The van der Waals surface area contributed by atoms with Crippen molar-refractivity contribution in [3.05, 3.63) is 83.3 Å². The van der Waals surface area contributed by atoms with Crippen molar-refractivity contribution in [3.63, 3.8) is 0 Å². The lowest BCUT2D eigenvalue weighted by Gasteiger charge is -2.42. The van der Waals surface area contributed by atoms with E-state index in [4.69, 9.17) is 10.1 Å². The topological polar surface area (TPSA) is 103 Å². The van der Waals surface area contributed by atoms with E-state index in [1.165, 1.54) is 4.31 Å². The monoisotopic (exact) mass is 480 g/mol. The van der Waals surface area contributed by atoms with Crippen LogP contribution in [0.1, 0.15) is 12.5 Å².